The second-order valence-corrected chi connectivity index (χ2v) is 5.98. The molecule has 0 bridgehead atoms. The topological polar surface area (TPSA) is 56.7 Å². The van der Waals surface area contributed by atoms with Gasteiger partial charge in [0.1, 0.15) is 0 Å². The summed E-state index contributed by atoms with van der Waals surface area (Å²) in [6.45, 7) is 6.41. The number of carboxylic acid groups (broad SMARTS) is 1. The van der Waals surface area contributed by atoms with Crippen LogP contribution in [0, 0.1) is 0 Å². The Bertz CT molecular complexity index is 404. The van der Waals surface area contributed by atoms with Gasteiger partial charge >= 0.3 is 5.97 Å². The molecule has 0 radical (unpaired) electrons. The highest BCUT2D eigenvalue weighted by molar-refractivity contribution is 7.13. The minimum atomic E-state index is -0.768. The van der Waals surface area contributed by atoms with Gasteiger partial charge in [-0.3, -0.25) is 4.79 Å². The maximum absolute atomic E-state index is 10.7. The van der Waals surface area contributed by atoms with Gasteiger partial charge in [0.2, 0.25) is 0 Å². The van der Waals surface area contributed by atoms with E-state index < -0.39 is 5.97 Å². The molecule has 0 aliphatic carbocycles. The highest BCUT2D eigenvalue weighted by atomic mass is 32.1. The summed E-state index contributed by atoms with van der Waals surface area (Å²) < 4.78 is 0. The molecular formula is C13H23N3O2S. The molecule has 0 saturated heterocycles. The van der Waals surface area contributed by atoms with Gasteiger partial charge in [0, 0.05) is 25.0 Å². The van der Waals surface area contributed by atoms with E-state index in [1.54, 1.807) is 11.3 Å². The minimum absolute atomic E-state index is 0.143. The van der Waals surface area contributed by atoms with E-state index in [2.05, 4.69) is 34.0 Å². The van der Waals surface area contributed by atoms with Gasteiger partial charge in [-0.25, -0.2) is 4.98 Å². The zero-order valence-electron chi connectivity index (χ0n) is 12.1. The van der Waals surface area contributed by atoms with Gasteiger partial charge in [-0.05, 0) is 20.0 Å². The van der Waals surface area contributed by atoms with Crippen LogP contribution in [0.4, 0.5) is 5.13 Å². The van der Waals surface area contributed by atoms with Crippen LogP contribution in [-0.2, 0) is 4.79 Å². The molecule has 0 fully saturated rings. The van der Waals surface area contributed by atoms with E-state index in [0.29, 0.717) is 12.5 Å². The van der Waals surface area contributed by atoms with Crippen LogP contribution in [-0.4, -0.2) is 54.7 Å². The average molecular weight is 285 g/mol. The van der Waals surface area contributed by atoms with Gasteiger partial charge in [0.15, 0.2) is 5.13 Å². The Morgan fingerprint density at radius 3 is 2.53 bits per heavy atom. The predicted octanol–water partition coefficient (Wildman–Crippen LogP) is 2.11. The maximum atomic E-state index is 10.7. The summed E-state index contributed by atoms with van der Waals surface area (Å²) in [4.78, 5) is 19.5. The average Bonchev–Trinajstić information content (AvgIpc) is 2.77. The number of carboxylic acids is 1. The summed E-state index contributed by atoms with van der Waals surface area (Å²) in [5, 5.41) is 11.8. The number of nitrogens with zero attached hydrogens (tertiary/aromatic N) is 3. The molecule has 6 heteroatoms. The van der Waals surface area contributed by atoms with Crippen LogP contribution in [0.25, 0.3) is 0 Å². The standard InChI is InChI=1S/C13H23N3O2S/c1-10(2)11-9-19-13(14-11)16(6-5-12(17)18)8-7-15(3)4/h9-10H,5-8H2,1-4H3,(H,17,18). The number of rotatable bonds is 8. The zero-order valence-corrected chi connectivity index (χ0v) is 12.9. The number of anilines is 1. The van der Waals surface area contributed by atoms with E-state index in [1.807, 2.05) is 14.1 Å². The fourth-order valence-corrected chi connectivity index (χ4v) is 2.58. The monoisotopic (exact) mass is 285 g/mol. The number of carbonyl (C=O) groups is 1. The third-order valence-electron chi connectivity index (χ3n) is 2.78. The third kappa shape index (κ3) is 5.57. The molecule has 1 heterocycles. The van der Waals surface area contributed by atoms with Gasteiger partial charge in [-0.1, -0.05) is 13.8 Å². The fourth-order valence-electron chi connectivity index (χ4n) is 1.54. The highest BCUT2D eigenvalue weighted by Crippen LogP contribution is 2.24. The lowest BCUT2D eigenvalue weighted by molar-refractivity contribution is -0.136. The van der Waals surface area contributed by atoms with Crippen molar-refractivity contribution in [2.24, 2.45) is 0 Å². The molecule has 0 unspecified atom stereocenters. The van der Waals surface area contributed by atoms with Crippen molar-refractivity contribution in [1.82, 2.24) is 9.88 Å². The number of hydrogen-bond donors (Lipinski definition) is 1. The van der Waals surface area contributed by atoms with Gasteiger partial charge in [0.25, 0.3) is 0 Å². The maximum Gasteiger partial charge on any atom is 0.305 e. The van der Waals surface area contributed by atoms with Crippen molar-refractivity contribution < 1.29 is 9.90 Å². The van der Waals surface area contributed by atoms with Crippen molar-refractivity contribution in [3.8, 4) is 0 Å². The summed E-state index contributed by atoms with van der Waals surface area (Å²) in [6, 6.07) is 0. The normalized spacial score (nSPS) is 11.3. The van der Waals surface area contributed by atoms with Crippen LogP contribution in [0.15, 0.2) is 5.38 Å². The molecule has 0 spiro atoms. The summed E-state index contributed by atoms with van der Waals surface area (Å²) in [6.07, 6.45) is 0.143. The van der Waals surface area contributed by atoms with Gasteiger partial charge in [-0.15, -0.1) is 11.3 Å². The molecular weight excluding hydrogens is 262 g/mol. The number of thiazole rings is 1. The molecule has 0 atom stereocenters. The van der Waals surface area contributed by atoms with Crippen LogP contribution in [0.2, 0.25) is 0 Å². The lowest BCUT2D eigenvalue weighted by Gasteiger charge is -2.23. The van der Waals surface area contributed by atoms with Crippen molar-refractivity contribution in [2.45, 2.75) is 26.2 Å². The van der Waals surface area contributed by atoms with Crippen LogP contribution in [0.1, 0.15) is 31.9 Å². The van der Waals surface area contributed by atoms with E-state index in [0.717, 1.165) is 23.9 Å². The van der Waals surface area contributed by atoms with Crippen molar-refractivity contribution in [3.05, 3.63) is 11.1 Å². The molecule has 0 aliphatic rings. The Kier molecular flexibility index (Phi) is 6.24. The minimum Gasteiger partial charge on any atom is -0.481 e. The fraction of sp³-hybridized carbons (Fsp3) is 0.692. The molecule has 5 nitrogen and oxygen atoms in total. The smallest absolute Gasteiger partial charge is 0.305 e. The molecule has 0 aromatic carbocycles. The van der Waals surface area contributed by atoms with Crippen LogP contribution < -0.4 is 4.90 Å². The summed E-state index contributed by atoms with van der Waals surface area (Å²) >= 11 is 1.59. The quantitative estimate of drug-likeness (QED) is 0.793. The van der Waals surface area contributed by atoms with Gasteiger partial charge in [-0.2, -0.15) is 0 Å². The Balaban J connectivity index is 2.72. The van der Waals surface area contributed by atoms with Crippen LogP contribution in [0.3, 0.4) is 0 Å². The highest BCUT2D eigenvalue weighted by Gasteiger charge is 2.14. The molecule has 0 saturated carbocycles. The number of aliphatic carboxylic acids is 1. The molecule has 1 rings (SSSR count). The second-order valence-electron chi connectivity index (χ2n) is 5.14. The SMILES string of the molecule is CC(C)c1csc(N(CCC(=O)O)CCN(C)C)n1. The first kappa shape index (κ1) is 15.9. The lowest BCUT2D eigenvalue weighted by Crippen LogP contribution is -2.33. The van der Waals surface area contributed by atoms with E-state index in [-0.39, 0.29) is 6.42 Å². The van der Waals surface area contributed by atoms with E-state index in [4.69, 9.17) is 5.11 Å². The third-order valence-corrected chi connectivity index (χ3v) is 3.70. The summed E-state index contributed by atoms with van der Waals surface area (Å²) in [7, 11) is 4.02. The van der Waals surface area contributed by atoms with E-state index in [9.17, 15) is 4.79 Å². The number of hydrogen-bond acceptors (Lipinski definition) is 5. The second kappa shape index (κ2) is 7.45. The Hall–Kier alpha value is -1.14. The summed E-state index contributed by atoms with van der Waals surface area (Å²) in [5.41, 5.74) is 1.07. The largest absolute Gasteiger partial charge is 0.481 e. The van der Waals surface area contributed by atoms with Crippen LogP contribution in [0.5, 0.6) is 0 Å². The van der Waals surface area contributed by atoms with Gasteiger partial charge < -0.3 is 14.9 Å². The van der Waals surface area contributed by atoms with Crippen molar-refractivity contribution >= 4 is 22.4 Å². The molecule has 108 valence electrons. The Labute approximate surface area is 118 Å². The summed E-state index contributed by atoms with van der Waals surface area (Å²) in [5.74, 6) is -0.365. The van der Waals surface area contributed by atoms with Gasteiger partial charge in [0.05, 0.1) is 12.1 Å². The van der Waals surface area contributed by atoms with Crippen molar-refractivity contribution in [3.63, 3.8) is 0 Å². The molecule has 1 aromatic rings. The molecule has 19 heavy (non-hydrogen) atoms. The predicted molar refractivity (Wildman–Crippen MR) is 79.2 cm³/mol. The Morgan fingerprint density at radius 1 is 1.37 bits per heavy atom. The zero-order chi connectivity index (χ0) is 14.4. The first-order valence-electron chi connectivity index (χ1n) is 6.47. The lowest BCUT2D eigenvalue weighted by atomic mass is 10.2. The molecule has 1 N–H and O–H groups in total. The first-order valence-corrected chi connectivity index (χ1v) is 7.35. The van der Waals surface area contributed by atoms with Crippen molar-refractivity contribution in [1.29, 1.82) is 0 Å². The molecule has 0 amide bonds. The number of likely N-dealkylation sites (N-methyl/N-ethyl adjacent to an activating group) is 1. The van der Waals surface area contributed by atoms with E-state index >= 15 is 0 Å². The van der Waals surface area contributed by atoms with Crippen LogP contribution >= 0.6 is 11.3 Å². The first-order chi connectivity index (χ1) is 8.90. The molecule has 1 aromatic heterocycles. The van der Waals surface area contributed by atoms with Crippen molar-refractivity contribution in [2.75, 3.05) is 38.6 Å². The molecule has 0 aliphatic heterocycles. The Morgan fingerprint density at radius 2 is 2.05 bits per heavy atom. The van der Waals surface area contributed by atoms with E-state index in [1.165, 1.54) is 0 Å². The number of aromatic nitrogens is 1.